The van der Waals surface area contributed by atoms with Crippen LogP contribution in [0.2, 0.25) is 0 Å². The lowest BCUT2D eigenvalue weighted by Crippen LogP contribution is -2.01. The standard InChI is InChI=1S/C17H18O4PS/c18-22(19,20)21-10-12-23-11-9-17-15-7-3-1-5-13(15)14-6-2-4-8-16(14)17/h1-9,17H,10-12H2,(H2,18,19,20). The predicted molar refractivity (Wildman–Crippen MR) is 93.3 cm³/mol. The van der Waals surface area contributed by atoms with Crippen LogP contribution in [-0.2, 0) is 9.09 Å². The average molecular weight is 349 g/mol. The first-order chi connectivity index (χ1) is 11.1. The highest BCUT2D eigenvalue weighted by Crippen LogP contribution is 2.46. The normalized spacial score (nSPS) is 13.8. The van der Waals surface area contributed by atoms with Gasteiger partial charge in [0.05, 0.1) is 6.61 Å². The fraction of sp³-hybridized carbons (Fsp3) is 0.235. The Balaban J connectivity index is 1.59. The van der Waals surface area contributed by atoms with Crippen LogP contribution in [-0.4, -0.2) is 27.9 Å². The SMILES string of the molecule is O=P(O)(O)OCCSC[CH]C1c2ccccc2-c2ccccc21. The number of phosphoric ester groups is 1. The number of fused-ring (bicyclic) bond motifs is 3. The number of hydrogen-bond acceptors (Lipinski definition) is 3. The van der Waals surface area contributed by atoms with E-state index < -0.39 is 7.82 Å². The molecule has 3 rings (SSSR count). The Morgan fingerprint density at radius 2 is 1.61 bits per heavy atom. The van der Waals surface area contributed by atoms with Crippen molar-refractivity contribution in [3.63, 3.8) is 0 Å². The first-order valence-corrected chi connectivity index (χ1v) is 10.0. The topological polar surface area (TPSA) is 66.8 Å². The van der Waals surface area contributed by atoms with Gasteiger partial charge in [-0.2, -0.15) is 11.8 Å². The summed E-state index contributed by atoms with van der Waals surface area (Å²) >= 11 is 1.61. The largest absolute Gasteiger partial charge is 0.469 e. The Bertz CT molecular complexity index is 683. The van der Waals surface area contributed by atoms with Crippen LogP contribution >= 0.6 is 19.6 Å². The van der Waals surface area contributed by atoms with Crippen molar-refractivity contribution in [2.75, 3.05) is 18.1 Å². The van der Waals surface area contributed by atoms with Gasteiger partial charge >= 0.3 is 7.82 Å². The maximum absolute atomic E-state index is 10.6. The van der Waals surface area contributed by atoms with E-state index in [4.69, 9.17) is 9.79 Å². The molecule has 0 amide bonds. The molecule has 0 fully saturated rings. The van der Waals surface area contributed by atoms with Gasteiger partial charge < -0.3 is 9.79 Å². The Labute approximate surface area is 140 Å². The summed E-state index contributed by atoms with van der Waals surface area (Å²) < 4.78 is 15.0. The Morgan fingerprint density at radius 1 is 1.04 bits per heavy atom. The van der Waals surface area contributed by atoms with E-state index in [2.05, 4.69) is 59.5 Å². The first-order valence-electron chi connectivity index (χ1n) is 7.35. The molecular weight excluding hydrogens is 331 g/mol. The number of rotatable bonds is 7. The molecule has 23 heavy (non-hydrogen) atoms. The monoisotopic (exact) mass is 349 g/mol. The summed E-state index contributed by atoms with van der Waals surface area (Å²) in [5.74, 6) is 1.63. The molecule has 4 nitrogen and oxygen atoms in total. The Morgan fingerprint density at radius 3 is 2.17 bits per heavy atom. The zero-order valence-electron chi connectivity index (χ0n) is 12.5. The molecule has 1 radical (unpaired) electrons. The third-order valence-corrected chi connectivity index (χ3v) is 5.22. The maximum Gasteiger partial charge on any atom is 0.469 e. The van der Waals surface area contributed by atoms with Crippen molar-refractivity contribution in [2.45, 2.75) is 5.92 Å². The zero-order valence-corrected chi connectivity index (χ0v) is 14.2. The van der Waals surface area contributed by atoms with E-state index in [0.29, 0.717) is 5.75 Å². The minimum absolute atomic E-state index is 0.0562. The molecule has 0 saturated carbocycles. The van der Waals surface area contributed by atoms with Crippen molar-refractivity contribution in [3.8, 4) is 11.1 Å². The van der Waals surface area contributed by atoms with Crippen LogP contribution in [0.1, 0.15) is 17.0 Å². The van der Waals surface area contributed by atoms with Crippen LogP contribution in [0.15, 0.2) is 48.5 Å². The smallest absolute Gasteiger partial charge is 0.303 e. The van der Waals surface area contributed by atoms with Gasteiger partial charge in [0.25, 0.3) is 0 Å². The molecule has 1 aliphatic rings. The summed E-state index contributed by atoms with van der Waals surface area (Å²) in [5, 5.41) is 0. The van der Waals surface area contributed by atoms with Gasteiger partial charge in [-0.25, -0.2) is 4.57 Å². The van der Waals surface area contributed by atoms with E-state index in [1.807, 2.05) is 0 Å². The molecule has 2 N–H and O–H groups in total. The lowest BCUT2D eigenvalue weighted by atomic mass is 9.94. The molecule has 0 atom stereocenters. The molecule has 0 spiro atoms. The molecule has 0 aliphatic heterocycles. The number of thioether (sulfide) groups is 1. The Kier molecular flexibility index (Phi) is 5.24. The maximum atomic E-state index is 10.6. The minimum Gasteiger partial charge on any atom is -0.303 e. The van der Waals surface area contributed by atoms with Gasteiger partial charge in [-0.05, 0) is 34.4 Å². The molecular formula is C17H18O4PS. The molecule has 0 unspecified atom stereocenters. The molecule has 0 bridgehead atoms. The van der Waals surface area contributed by atoms with Crippen molar-refractivity contribution < 1.29 is 18.9 Å². The molecule has 121 valence electrons. The number of benzene rings is 2. The highest BCUT2D eigenvalue weighted by Gasteiger charge is 2.27. The van der Waals surface area contributed by atoms with E-state index in [-0.39, 0.29) is 12.5 Å². The van der Waals surface area contributed by atoms with Gasteiger partial charge in [0.1, 0.15) is 0 Å². The lowest BCUT2D eigenvalue weighted by molar-refractivity contribution is 0.208. The fourth-order valence-electron chi connectivity index (χ4n) is 2.91. The first kappa shape index (κ1) is 16.7. The van der Waals surface area contributed by atoms with Crippen molar-refractivity contribution in [1.29, 1.82) is 0 Å². The van der Waals surface area contributed by atoms with Crippen LogP contribution in [0, 0.1) is 6.42 Å². The Hall–Kier alpha value is -1.10. The second-order valence-electron chi connectivity index (χ2n) is 5.29. The van der Waals surface area contributed by atoms with Gasteiger partial charge in [-0.3, -0.25) is 4.52 Å². The van der Waals surface area contributed by atoms with Crippen LogP contribution in [0.4, 0.5) is 0 Å². The predicted octanol–water partition coefficient (Wildman–Crippen LogP) is 3.85. The van der Waals surface area contributed by atoms with Gasteiger partial charge in [0, 0.05) is 11.7 Å². The average Bonchev–Trinajstić information content (AvgIpc) is 2.84. The quantitative estimate of drug-likeness (QED) is 0.587. The highest BCUT2D eigenvalue weighted by atomic mass is 32.2. The van der Waals surface area contributed by atoms with Crippen LogP contribution in [0.3, 0.4) is 0 Å². The van der Waals surface area contributed by atoms with Crippen molar-refractivity contribution >= 4 is 19.6 Å². The molecule has 0 aromatic heterocycles. The van der Waals surface area contributed by atoms with Crippen LogP contribution < -0.4 is 0 Å². The van der Waals surface area contributed by atoms with Gasteiger partial charge in [0.15, 0.2) is 0 Å². The molecule has 6 heteroatoms. The van der Waals surface area contributed by atoms with Crippen molar-refractivity contribution in [3.05, 3.63) is 66.1 Å². The van der Waals surface area contributed by atoms with Gasteiger partial charge in [-0.15, -0.1) is 0 Å². The third-order valence-electron chi connectivity index (χ3n) is 3.82. The summed E-state index contributed by atoms with van der Waals surface area (Å²) in [5.41, 5.74) is 5.22. The van der Waals surface area contributed by atoms with Gasteiger partial charge in [0.2, 0.25) is 0 Å². The highest BCUT2D eigenvalue weighted by molar-refractivity contribution is 7.99. The van der Waals surface area contributed by atoms with Crippen LogP contribution in [0.5, 0.6) is 0 Å². The van der Waals surface area contributed by atoms with E-state index >= 15 is 0 Å². The summed E-state index contributed by atoms with van der Waals surface area (Å²) in [7, 11) is -4.35. The van der Waals surface area contributed by atoms with Gasteiger partial charge in [-0.1, -0.05) is 48.5 Å². The molecule has 1 aliphatic carbocycles. The van der Waals surface area contributed by atoms with E-state index in [1.54, 1.807) is 11.8 Å². The molecule has 0 heterocycles. The summed E-state index contributed by atoms with van der Waals surface area (Å²) in [4.78, 5) is 17.3. The summed E-state index contributed by atoms with van der Waals surface area (Å²) in [6, 6.07) is 16.9. The summed E-state index contributed by atoms with van der Waals surface area (Å²) in [6.07, 6.45) is 2.26. The summed E-state index contributed by atoms with van der Waals surface area (Å²) in [6.45, 7) is 0.0562. The second kappa shape index (κ2) is 7.20. The second-order valence-corrected chi connectivity index (χ2v) is 7.68. The number of hydrogen-bond donors (Lipinski definition) is 2. The third kappa shape index (κ3) is 4.06. The number of phosphoric acid groups is 1. The van der Waals surface area contributed by atoms with Crippen LogP contribution in [0.25, 0.3) is 11.1 Å². The van der Waals surface area contributed by atoms with E-state index in [0.717, 1.165) is 5.75 Å². The minimum atomic E-state index is -4.35. The fourth-order valence-corrected chi connectivity index (χ4v) is 4.06. The van der Waals surface area contributed by atoms with Crippen molar-refractivity contribution in [2.24, 2.45) is 0 Å². The van der Waals surface area contributed by atoms with E-state index in [1.165, 1.54) is 22.3 Å². The zero-order chi connectivity index (χ0) is 16.3. The molecule has 2 aromatic rings. The molecule has 0 saturated heterocycles. The lowest BCUT2D eigenvalue weighted by Gasteiger charge is -2.13. The van der Waals surface area contributed by atoms with Crippen molar-refractivity contribution in [1.82, 2.24) is 0 Å². The molecule has 2 aromatic carbocycles. The van der Waals surface area contributed by atoms with E-state index in [9.17, 15) is 4.57 Å².